The first-order valence-electron chi connectivity index (χ1n) is 10.1. The molecule has 0 saturated carbocycles. The molecule has 0 unspecified atom stereocenters. The molecule has 0 aliphatic carbocycles. The van der Waals surface area contributed by atoms with Gasteiger partial charge in [-0.3, -0.25) is 4.40 Å². The number of rotatable bonds is 3. The summed E-state index contributed by atoms with van der Waals surface area (Å²) in [7, 11) is 0. The molecule has 9 nitrogen and oxygen atoms in total. The first-order valence-corrected chi connectivity index (χ1v) is 10.1. The molecule has 1 aliphatic rings. The van der Waals surface area contributed by atoms with Crippen LogP contribution in [0.3, 0.4) is 0 Å². The standard InChI is InChI=1S/C22H24N8O/c1-21(2)10-14(11-22(3,4)28-21)16-5-8-29-13-17(27-20(29)26-16)19-18(31)9-15(12-23-19)30-24-6-7-25-30/h5-10,12-13,28,31H,11H2,1-4H3. The minimum Gasteiger partial charge on any atom is -0.506 e. The van der Waals surface area contributed by atoms with Crippen LogP contribution in [0.5, 0.6) is 5.75 Å². The van der Waals surface area contributed by atoms with Gasteiger partial charge >= 0.3 is 0 Å². The Morgan fingerprint density at radius 3 is 2.52 bits per heavy atom. The smallest absolute Gasteiger partial charge is 0.234 e. The molecule has 5 rings (SSSR count). The summed E-state index contributed by atoms with van der Waals surface area (Å²) in [5.74, 6) is 0.560. The van der Waals surface area contributed by atoms with E-state index in [1.54, 1.807) is 24.7 Å². The molecule has 4 aromatic rings. The molecule has 0 saturated heterocycles. The molecule has 2 N–H and O–H groups in total. The molecule has 5 heterocycles. The number of aromatic nitrogens is 7. The lowest BCUT2D eigenvalue weighted by molar-refractivity contribution is 0.297. The lowest BCUT2D eigenvalue weighted by atomic mass is 9.82. The van der Waals surface area contributed by atoms with E-state index in [0.717, 1.165) is 12.1 Å². The van der Waals surface area contributed by atoms with Crippen LogP contribution in [0.25, 0.3) is 28.4 Å². The Labute approximate surface area is 179 Å². The number of imidazole rings is 1. The van der Waals surface area contributed by atoms with Crippen LogP contribution in [0.2, 0.25) is 0 Å². The van der Waals surface area contributed by atoms with E-state index < -0.39 is 0 Å². The molecular weight excluding hydrogens is 392 g/mol. The zero-order valence-electron chi connectivity index (χ0n) is 17.9. The molecule has 9 heteroatoms. The molecule has 0 fully saturated rings. The van der Waals surface area contributed by atoms with Crippen molar-refractivity contribution in [1.82, 2.24) is 39.7 Å². The van der Waals surface area contributed by atoms with Crippen molar-refractivity contribution in [2.24, 2.45) is 0 Å². The zero-order valence-corrected chi connectivity index (χ0v) is 17.9. The quantitative estimate of drug-likeness (QED) is 0.529. The molecule has 0 spiro atoms. The van der Waals surface area contributed by atoms with Gasteiger partial charge in [-0.25, -0.2) is 15.0 Å². The summed E-state index contributed by atoms with van der Waals surface area (Å²) in [6.45, 7) is 8.73. The van der Waals surface area contributed by atoms with Gasteiger partial charge in [-0.15, -0.1) is 4.80 Å². The molecule has 0 radical (unpaired) electrons. The normalized spacial score (nSPS) is 17.6. The van der Waals surface area contributed by atoms with Gasteiger partial charge in [-0.2, -0.15) is 10.2 Å². The number of pyridine rings is 1. The van der Waals surface area contributed by atoms with E-state index in [9.17, 15) is 5.11 Å². The largest absolute Gasteiger partial charge is 0.506 e. The van der Waals surface area contributed by atoms with E-state index in [2.05, 4.69) is 59.3 Å². The van der Waals surface area contributed by atoms with Gasteiger partial charge in [0.15, 0.2) is 0 Å². The molecule has 0 amide bonds. The highest BCUT2D eigenvalue weighted by atomic mass is 16.3. The first-order chi connectivity index (χ1) is 14.7. The van der Waals surface area contributed by atoms with Gasteiger partial charge in [0.2, 0.25) is 5.78 Å². The molecular formula is C22H24N8O. The molecule has 1 aliphatic heterocycles. The molecule has 0 atom stereocenters. The lowest BCUT2D eigenvalue weighted by Crippen LogP contribution is -2.53. The minimum atomic E-state index is -0.119. The molecule has 4 aromatic heterocycles. The summed E-state index contributed by atoms with van der Waals surface area (Å²) in [5.41, 5.74) is 3.45. The third-order valence-electron chi connectivity index (χ3n) is 5.23. The van der Waals surface area contributed by atoms with Gasteiger partial charge in [0.05, 0.1) is 24.3 Å². The van der Waals surface area contributed by atoms with E-state index >= 15 is 0 Å². The maximum absolute atomic E-state index is 10.5. The number of hydrogen-bond donors (Lipinski definition) is 2. The Morgan fingerprint density at radius 1 is 1.06 bits per heavy atom. The van der Waals surface area contributed by atoms with Gasteiger partial charge in [-0.05, 0) is 45.8 Å². The summed E-state index contributed by atoms with van der Waals surface area (Å²) < 4.78 is 1.83. The number of nitrogens with one attached hydrogen (secondary N) is 1. The third-order valence-corrected chi connectivity index (χ3v) is 5.23. The van der Waals surface area contributed by atoms with E-state index in [0.29, 0.717) is 22.9 Å². The molecule has 158 valence electrons. The second kappa shape index (κ2) is 6.71. The van der Waals surface area contributed by atoms with Crippen molar-refractivity contribution in [3.63, 3.8) is 0 Å². The van der Waals surface area contributed by atoms with Crippen LogP contribution in [0.4, 0.5) is 0 Å². The van der Waals surface area contributed by atoms with Crippen LogP contribution in [0.1, 0.15) is 39.8 Å². The summed E-state index contributed by atoms with van der Waals surface area (Å²) >= 11 is 0. The van der Waals surface area contributed by atoms with Crippen molar-refractivity contribution in [3.8, 4) is 22.8 Å². The molecule has 0 aromatic carbocycles. The number of aromatic hydroxyl groups is 1. The Hall–Kier alpha value is -3.59. The average molecular weight is 416 g/mol. The van der Waals surface area contributed by atoms with Gasteiger partial charge in [0, 0.05) is 29.5 Å². The monoisotopic (exact) mass is 416 g/mol. The highest BCUT2D eigenvalue weighted by Crippen LogP contribution is 2.33. The van der Waals surface area contributed by atoms with Crippen molar-refractivity contribution in [3.05, 3.63) is 54.9 Å². The topological polar surface area (TPSA) is 106 Å². The Bertz CT molecular complexity index is 1300. The zero-order chi connectivity index (χ0) is 21.8. The van der Waals surface area contributed by atoms with Gasteiger partial charge in [0.25, 0.3) is 0 Å². The first kappa shape index (κ1) is 19.4. The summed E-state index contributed by atoms with van der Waals surface area (Å²) in [6.07, 6.45) is 11.6. The predicted molar refractivity (Wildman–Crippen MR) is 117 cm³/mol. The fourth-order valence-electron chi connectivity index (χ4n) is 4.34. The lowest BCUT2D eigenvalue weighted by Gasteiger charge is -2.41. The van der Waals surface area contributed by atoms with E-state index in [4.69, 9.17) is 4.98 Å². The van der Waals surface area contributed by atoms with E-state index in [1.165, 1.54) is 10.4 Å². The average Bonchev–Trinajstić information content (AvgIpc) is 3.34. The van der Waals surface area contributed by atoms with Crippen molar-refractivity contribution in [2.45, 2.75) is 45.2 Å². The fourth-order valence-corrected chi connectivity index (χ4v) is 4.34. The number of fused-ring (bicyclic) bond motifs is 1. The van der Waals surface area contributed by atoms with Crippen LogP contribution in [0.15, 0.2) is 49.2 Å². The van der Waals surface area contributed by atoms with Crippen molar-refractivity contribution in [2.75, 3.05) is 0 Å². The van der Waals surface area contributed by atoms with Gasteiger partial charge < -0.3 is 10.4 Å². The molecule has 0 bridgehead atoms. The van der Waals surface area contributed by atoms with Crippen LogP contribution < -0.4 is 5.32 Å². The van der Waals surface area contributed by atoms with Crippen molar-refractivity contribution in [1.29, 1.82) is 0 Å². The summed E-state index contributed by atoms with van der Waals surface area (Å²) in [5, 5.41) is 22.3. The van der Waals surface area contributed by atoms with Gasteiger partial charge in [-0.1, -0.05) is 6.08 Å². The predicted octanol–water partition coefficient (Wildman–Crippen LogP) is 3.01. The Morgan fingerprint density at radius 2 is 1.81 bits per heavy atom. The number of hydrogen-bond acceptors (Lipinski definition) is 7. The van der Waals surface area contributed by atoms with Crippen molar-refractivity contribution < 1.29 is 5.11 Å². The highest BCUT2D eigenvalue weighted by Gasteiger charge is 2.33. The maximum atomic E-state index is 10.5. The summed E-state index contributed by atoms with van der Waals surface area (Å²) in [4.78, 5) is 15.2. The maximum Gasteiger partial charge on any atom is 0.234 e. The van der Waals surface area contributed by atoms with Crippen molar-refractivity contribution >= 4 is 11.4 Å². The minimum absolute atomic E-state index is 0.00277. The van der Waals surface area contributed by atoms with E-state index in [1.807, 2.05) is 22.9 Å². The second-order valence-corrected chi connectivity index (χ2v) is 9.10. The van der Waals surface area contributed by atoms with Crippen LogP contribution >= 0.6 is 0 Å². The Kier molecular flexibility index (Phi) is 4.19. The third kappa shape index (κ3) is 3.68. The van der Waals surface area contributed by atoms with E-state index in [-0.39, 0.29) is 16.8 Å². The highest BCUT2D eigenvalue weighted by molar-refractivity contribution is 5.69. The summed E-state index contributed by atoms with van der Waals surface area (Å²) in [6, 6.07) is 3.57. The number of nitrogens with zero attached hydrogens (tertiary/aromatic N) is 7. The van der Waals surface area contributed by atoms with Crippen LogP contribution in [-0.2, 0) is 0 Å². The van der Waals surface area contributed by atoms with Crippen LogP contribution in [0, 0.1) is 0 Å². The second-order valence-electron chi connectivity index (χ2n) is 9.10. The SMILES string of the molecule is CC1(C)C=C(c2ccn3cc(-c4ncc(-n5nccn5)cc4O)nc3n2)CC(C)(C)N1. The Balaban J connectivity index is 1.51. The van der Waals surface area contributed by atoms with Gasteiger partial charge in [0.1, 0.15) is 22.8 Å². The molecule has 31 heavy (non-hydrogen) atoms. The fraction of sp³-hybridized carbons (Fsp3) is 0.318. The van der Waals surface area contributed by atoms with Crippen LogP contribution in [-0.4, -0.2) is 50.5 Å².